The van der Waals surface area contributed by atoms with E-state index in [1.54, 1.807) is 43.6 Å². The molecule has 2 heterocycles. The van der Waals surface area contributed by atoms with Crippen LogP contribution >= 0.6 is 11.3 Å². The molecular formula is C20H17N3O4S2. The highest BCUT2D eigenvalue weighted by atomic mass is 32.2. The molecule has 0 spiro atoms. The number of fused-ring (bicyclic) bond motifs is 1. The van der Waals surface area contributed by atoms with Gasteiger partial charge in [-0.1, -0.05) is 12.1 Å². The van der Waals surface area contributed by atoms with Crippen LogP contribution in [0, 0.1) is 0 Å². The Bertz CT molecular complexity index is 1200. The number of aromatic nitrogens is 1. The number of nitrogens with one attached hydrogen (secondary N) is 2. The van der Waals surface area contributed by atoms with Gasteiger partial charge in [-0.05, 0) is 42.0 Å². The monoisotopic (exact) mass is 427 g/mol. The molecule has 148 valence electrons. The number of methoxy groups -OCH3 is 1. The minimum atomic E-state index is -3.77. The van der Waals surface area contributed by atoms with Crippen LogP contribution in [0.15, 0.2) is 58.9 Å². The maximum atomic E-state index is 12.8. The van der Waals surface area contributed by atoms with Crippen molar-refractivity contribution in [3.05, 3.63) is 70.2 Å². The molecule has 4 rings (SSSR count). The molecule has 7 nitrogen and oxygen atoms in total. The zero-order valence-corrected chi connectivity index (χ0v) is 17.0. The van der Waals surface area contributed by atoms with Gasteiger partial charge in [0.2, 0.25) is 10.0 Å². The van der Waals surface area contributed by atoms with Crippen molar-refractivity contribution in [3.63, 3.8) is 0 Å². The van der Waals surface area contributed by atoms with Crippen LogP contribution in [0.2, 0.25) is 0 Å². The Balaban J connectivity index is 1.61. The molecule has 0 atom stereocenters. The molecule has 3 aromatic rings. The van der Waals surface area contributed by atoms with E-state index >= 15 is 0 Å². The third-order valence-corrected chi connectivity index (χ3v) is 6.53. The molecule has 29 heavy (non-hydrogen) atoms. The number of sulfonamides is 1. The van der Waals surface area contributed by atoms with Gasteiger partial charge < -0.3 is 10.1 Å². The predicted octanol–water partition coefficient (Wildman–Crippen LogP) is 3.12. The first-order valence-electron chi connectivity index (χ1n) is 8.66. The van der Waals surface area contributed by atoms with Gasteiger partial charge in [-0.2, -0.15) is 0 Å². The lowest BCUT2D eigenvalue weighted by atomic mass is 10.1. The van der Waals surface area contributed by atoms with Crippen LogP contribution in [0.3, 0.4) is 0 Å². The third kappa shape index (κ3) is 4.07. The fourth-order valence-electron chi connectivity index (χ4n) is 2.95. The smallest absolute Gasteiger partial charge is 0.256 e. The van der Waals surface area contributed by atoms with Crippen LogP contribution in [0.5, 0.6) is 5.75 Å². The number of carbonyl (C=O) groups is 1. The second-order valence-corrected chi connectivity index (χ2v) is 8.96. The van der Waals surface area contributed by atoms with E-state index in [0.717, 1.165) is 5.56 Å². The molecule has 1 aliphatic heterocycles. The third-order valence-electron chi connectivity index (χ3n) is 4.40. The van der Waals surface area contributed by atoms with Crippen LogP contribution < -0.4 is 14.8 Å². The molecule has 1 amide bonds. The molecule has 0 bridgehead atoms. The lowest BCUT2D eigenvalue weighted by Crippen LogP contribution is -2.23. The molecule has 1 aromatic heterocycles. The first-order chi connectivity index (χ1) is 14.0. The SMILES string of the molecule is COc1cccc(CNS(=O)(=O)c2ccc3c(c2)/C(=C\c2nccs2)C(=O)N3)c1. The first kappa shape index (κ1) is 19.3. The van der Waals surface area contributed by atoms with E-state index < -0.39 is 10.0 Å². The number of ether oxygens (including phenoxy) is 1. The number of anilines is 1. The van der Waals surface area contributed by atoms with Crippen LogP contribution in [0.1, 0.15) is 16.1 Å². The van der Waals surface area contributed by atoms with Crippen molar-refractivity contribution < 1.29 is 17.9 Å². The summed E-state index contributed by atoms with van der Waals surface area (Å²) in [7, 11) is -2.22. The first-order valence-corrected chi connectivity index (χ1v) is 11.0. The minimum Gasteiger partial charge on any atom is -0.497 e. The van der Waals surface area contributed by atoms with Crippen molar-refractivity contribution in [2.45, 2.75) is 11.4 Å². The van der Waals surface area contributed by atoms with Crippen LogP contribution in [0.25, 0.3) is 11.6 Å². The summed E-state index contributed by atoms with van der Waals surface area (Å²) in [6.45, 7) is 0.121. The Kier molecular flexibility index (Phi) is 5.18. The van der Waals surface area contributed by atoms with E-state index in [2.05, 4.69) is 15.0 Å². The van der Waals surface area contributed by atoms with E-state index in [9.17, 15) is 13.2 Å². The average Bonchev–Trinajstić information content (AvgIpc) is 3.34. The molecule has 9 heteroatoms. The molecule has 0 aliphatic carbocycles. The van der Waals surface area contributed by atoms with Crippen molar-refractivity contribution in [2.75, 3.05) is 12.4 Å². The summed E-state index contributed by atoms with van der Waals surface area (Å²) in [6.07, 6.45) is 3.31. The van der Waals surface area contributed by atoms with Crippen LogP contribution in [-0.4, -0.2) is 26.4 Å². The summed E-state index contributed by atoms with van der Waals surface area (Å²) in [5.41, 5.74) is 2.27. The Morgan fingerprint density at radius 3 is 2.86 bits per heavy atom. The highest BCUT2D eigenvalue weighted by molar-refractivity contribution is 7.89. The molecule has 0 unspecified atom stereocenters. The summed E-state index contributed by atoms with van der Waals surface area (Å²) < 4.78 is 33.3. The largest absolute Gasteiger partial charge is 0.497 e. The number of carbonyl (C=O) groups excluding carboxylic acids is 1. The van der Waals surface area contributed by atoms with Gasteiger partial charge >= 0.3 is 0 Å². The molecule has 0 saturated heterocycles. The fourth-order valence-corrected chi connectivity index (χ4v) is 4.56. The average molecular weight is 428 g/mol. The van der Waals surface area contributed by atoms with Crippen LogP contribution in [0.4, 0.5) is 5.69 Å². The van der Waals surface area contributed by atoms with Gasteiger partial charge in [0.05, 0.1) is 17.6 Å². The van der Waals surface area contributed by atoms with Crippen molar-refractivity contribution in [3.8, 4) is 5.75 Å². The minimum absolute atomic E-state index is 0.0840. The maximum Gasteiger partial charge on any atom is 0.256 e. The maximum absolute atomic E-state index is 12.8. The van der Waals surface area contributed by atoms with E-state index in [-0.39, 0.29) is 17.3 Å². The van der Waals surface area contributed by atoms with E-state index in [4.69, 9.17) is 4.74 Å². The molecule has 0 fully saturated rings. The summed E-state index contributed by atoms with van der Waals surface area (Å²) in [5.74, 6) is 0.370. The van der Waals surface area contributed by atoms with E-state index in [1.807, 2.05) is 11.4 Å². The van der Waals surface area contributed by atoms with Gasteiger partial charge in [0.15, 0.2) is 0 Å². The summed E-state index contributed by atoms with van der Waals surface area (Å²) in [4.78, 5) is 16.6. The predicted molar refractivity (Wildman–Crippen MR) is 112 cm³/mol. The van der Waals surface area contributed by atoms with Crippen molar-refractivity contribution in [2.24, 2.45) is 0 Å². The molecule has 2 aromatic carbocycles. The topological polar surface area (TPSA) is 97.4 Å². The lowest BCUT2D eigenvalue weighted by molar-refractivity contribution is -0.110. The number of hydrogen-bond donors (Lipinski definition) is 2. The summed E-state index contributed by atoms with van der Waals surface area (Å²) in [6, 6.07) is 11.7. The second kappa shape index (κ2) is 7.78. The van der Waals surface area contributed by atoms with E-state index in [1.165, 1.54) is 23.5 Å². The number of thiazole rings is 1. The number of benzene rings is 2. The fraction of sp³-hybridized carbons (Fsp3) is 0.100. The quantitative estimate of drug-likeness (QED) is 0.589. The van der Waals surface area contributed by atoms with Crippen LogP contribution in [-0.2, 0) is 21.4 Å². The Morgan fingerprint density at radius 2 is 2.10 bits per heavy atom. The van der Waals surface area contributed by atoms with Gasteiger partial charge in [0, 0.05) is 29.4 Å². The summed E-state index contributed by atoms with van der Waals surface area (Å²) >= 11 is 1.40. The second-order valence-electron chi connectivity index (χ2n) is 6.27. The Hall–Kier alpha value is -3.01. The lowest BCUT2D eigenvalue weighted by Gasteiger charge is -2.09. The van der Waals surface area contributed by atoms with Crippen molar-refractivity contribution in [1.29, 1.82) is 0 Å². The van der Waals surface area contributed by atoms with Crippen molar-refractivity contribution in [1.82, 2.24) is 9.71 Å². The van der Waals surface area contributed by atoms with Gasteiger partial charge in [-0.3, -0.25) is 4.79 Å². The molecule has 0 saturated carbocycles. The standard InChI is InChI=1S/C20H17N3O4S2/c1-27-14-4-2-3-13(9-14)12-22-29(25,26)15-5-6-18-16(10-15)17(20(24)23-18)11-19-21-7-8-28-19/h2-11,22H,12H2,1H3,(H,23,24)/b17-11+. The zero-order valence-electron chi connectivity index (χ0n) is 15.4. The molecule has 2 N–H and O–H groups in total. The van der Waals surface area contributed by atoms with Gasteiger partial charge in [-0.15, -0.1) is 11.3 Å². The molecular weight excluding hydrogens is 410 g/mol. The van der Waals surface area contributed by atoms with Gasteiger partial charge in [0.25, 0.3) is 5.91 Å². The number of rotatable bonds is 6. The van der Waals surface area contributed by atoms with Gasteiger partial charge in [0.1, 0.15) is 10.8 Å². The number of amides is 1. The van der Waals surface area contributed by atoms with E-state index in [0.29, 0.717) is 27.6 Å². The van der Waals surface area contributed by atoms with Crippen molar-refractivity contribution >= 4 is 44.6 Å². The molecule has 0 radical (unpaired) electrons. The highest BCUT2D eigenvalue weighted by Crippen LogP contribution is 2.35. The Morgan fingerprint density at radius 1 is 1.24 bits per heavy atom. The Labute approximate surface area is 172 Å². The number of hydrogen-bond acceptors (Lipinski definition) is 6. The number of nitrogens with zero attached hydrogens (tertiary/aromatic N) is 1. The van der Waals surface area contributed by atoms with Gasteiger partial charge in [-0.25, -0.2) is 18.1 Å². The normalized spacial score (nSPS) is 14.7. The zero-order chi connectivity index (χ0) is 20.4. The highest BCUT2D eigenvalue weighted by Gasteiger charge is 2.27. The summed E-state index contributed by atoms with van der Waals surface area (Å²) in [5, 5.41) is 5.23. The molecule has 1 aliphatic rings.